The Bertz CT molecular complexity index is 468. The predicted octanol–water partition coefficient (Wildman–Crippen LogP) is 1.57. The maximum atomic E-state index is 5.85. The molecule has 2 aliphatic heterocycles. The molecule has 0 aromatic carbocycles. The normalized spacial score (nSPS) is 28.9. The zero-order valence-corrected chi connectivity index (χ0v) is 12.4. The van der Waals surface area contributed by atoms with Crippen molar-refractivity contribution in [2.45, 2.75) is 44.2 Å². The molecule has 1 aliphatic carbocycles. The summed E-state index contributed by atoms with van der Waals surface area (Å²) in [6, 6.07) is 0. The van der Waals surface area contributed by atoms with Gasteiger partial charge in [-0.15, -0.1) is 0 Å². The molecule has 0 spiro atoms. The van der Waals surface area contributed by atoms with Gasteiger partial charge in [0.25, 0.3) is 0 Å². The lowest BCUT2D eigenvalue weighted by molar-refractivity contribution is -0.0426. The van der Waals surface area contributed by atoms with Crippen molar-refractivity contribution >= 4 is 0 Å². The van der Waals surface area contributed by atoms with E-state index in [1.54, 1.807) is 0 Å². The van der Waals surface area contributed by atoms with E-state index in [1.165, 1.54) is 12.8 Å². The van der Waals surface area contributed by atoms with Gasteiger partial charge in [-0.1, -0.05) is 5.16 Å². The summed E-state index contributed by atoms with van der Waals surface area (Å²) in [5, 5.41) is 4.16. The summed E-state index contributed by atoms with van der Waals surface area (Å²) in [5.74, 6) is 2.77. The summed E-state index contributed by atoms with van der Waals surface area (Å²) in [6.07, 6.45) is 5.05. The molecule has 21 heavy (non-hydrogen) atoms. The fraction of sp³-hybridized carbons (Fsp3) is 0.867. The third kappa shape index (κ3) is 3.27. The molecule has 4 rings (SSSR count). The van der Waals surface area contributed by atoms with Crippen LogP contribution in [0.2, 0.25) is 0 Å². The molecular formula is C15H23N3O3. The molecule has 1 aromatic rings. The van der Waals surface area contributed by atoms with Gasteiger partial charge >= 0.3 is 0 Å². The van der Waals surface area contributed by atoms with Crippen LogP contribution in [-0.4, -0.2) is 54.1 Å². The van der Waals surface area contributed by atoms with Crippen LogP contribution in [-0.2, 0) is 16.0 Å². The summed E-state index contributed by atoms with van der Waals surface area (Å²) in [5.41, 5.74) is 0. The molecule has 6 nitrogen and oxygen atoms in total. The highest BCUT2D eigenvalue weighted by molar-refractivity contribution is 4.96. The van der Waals surface area contributed by atoms with Crippen molar-refractivity contribution in [3.63, 3.8) is 0 Å². The average molecular weight is 293 g/mol. The quantitative estimate of drug-likeness (QED) is 0.840. The van der Waals surface area contributed by atoms with E-state index < -0.39 is 0 Å². The molecule has 6 heteroatoms. The van der Waals surface area contributed by atoms with Crippen LogP contribution in [0.3, 0.4) is 0 Å². The standard InChI is InChI=1S/C15H23N3O3/c1-2-11(1)13-9-18(5-8-20-13)10-14-16-15(21-17-14)12-3-6-19-7-4-12/h11-13H,1-10H2. The summed E-state index contributed by atoms with van der Waals surface area (Å²) < 4.78 is 16.7. The monoisotopic (exact) mass is 293 g/mol. The molecule has 1 atom stereocenters. The van der Waals surface area contributed by atoms with Crippen LogP contribution in [0.5, 0.6) is 0 Å². The minimum absolute atomic E-state index is 0.379. The van der Waals surface area contributed by atoms with E-state index in [1.807, 2.05) is 0 Å². The Balaban J connectivity index is 1.34. The van der Waals surface area contributed by atoms with Crippen LogP contribution in [0.15, 0.2) is 4.52 Å². The Morgan fingerprint density at radius 3 is 2.76 bits per heavy atom. The van der Waals surface area contributed by atoms with Gasteiger partial charge in [0.2, 0.25) is 5.89 Å². The third-order valence-electron chi connectivity index (χ3n) is 4.74. The van der Waals surface area contributed by atoms with Gasteiger partial charge in [0.1, 0.15) is 0 Å². The van der Waals surface area contributed by atoms with Crippen LogP contribution >= 0.6 is 0 Å². The number of hydrogen-bond acceptors (Lipinski definition) is 6. The van der Waals surface area contributed by atoms with E-state index in [9.17, 15) is 0 Å². The van der Waals surface area contributed by atoms with Gasteiger partial charge in [-0.05, 0) is 31.6 Å². The van der Waals surface area contributed by atoms with Gasteiger partial charge in [0.15, 0.2) is 5.82 Å². The largest absolute Gasteiger partial charge is 0.381 e. The van der Waals surface area contributed by atoms with Crippen molar-refractivity contribution in [2.75, 3.05) is 32.9 Å². The van der Waals surface area contributed by atoms with Gasteiger partial charge < -0.3 is 14.0 Å². The second kappa shape index (κ2) is 6.02. The van der Waals surface area contributed by atoms with E-state index in [2.05, 4.69) is 15.0 Å². The molecule has 1 saturated carbocycles. The highest BCUT2D eigenvalue weighted by Gasteiger charge is 2.35. The van der Waals surface area contributed by atoms with Crippen LogP contribution in [0, 0.1) is 5.92 Å². The van der Waals surface area contributed by atoms with Gasteiger partial charge in [-0.25, -0.2) is 0 Å². The average Bonchev–Trinajstić information content (AvgIpc) is 3.29. The number of ether oxygens (including phenoxy) is 2. The Labute approximate surface area is 124 Å². The van der Waals surface area contributed by atoms with Crippen LogP contribution in [0.4, 0.5) is 0 Å². The Morgan fingerprint density at radius 2 is 1.95 bits per heavy atom. The van der Waals surface area contributed by atoms with Crippen molar-refractivity contribution in [2.24, 2.45) is 5.92 Å². The van der Waals surface area contributed by atoms with Crippen molar-refractivity contribution in [1.29, 1.82) is 0 Å². The lowest BCUT2D eigenvalue weighted by Gasteiger charge is -2.32. The number of morpholine rings is 1. The Morgan fingerprint density at radius 1 is 1.10 bits per heavy atom. The molecule has 3 fully saturated rings. The second-order valence-electron chi connectivity index (χ2n) is 6.42. The SMILES string of the molecule is C1CC(c2nc(CN3CCOC(C4CC4)C3)no2)CCO1. The molecule has 116 valence electrons. The van der Waals surface area contributed by atoms with E-state index in [4.69, 9.17) is 14.0 Å². The molecule has 0 amide bonds. The molecule has 1 unspecified atom stereocenters. The van der Waals surface area contributed by atoms with Crippen molar-refractivity contribution in [3.8, 4) is 0 Å². The highest BCUT2D eigenvalue weighted by Crippen LogP contribution is 2.35. The number of aromatic nitrogens is 2. The Kier molecular flexibility index (Phi) is 3.92. The number of nitrogens with zero attached hydrogens (tertiary/aromatic N) is 3. The molecule has 0 radical (unpaired) electrons. The first-order valence-electron chi connectivity index (χ1n) is 8.12. The first kappa shape index (κ1) is 13.7. The summed E-state index contributed by atoms with van der Waals surface area (Å²) >= 11 is 0. The summed E-state index contributed by atoms with van der Waals surface area (Å²) in [7, 11) is 0. The van der Waals surface area contributed by atoms with Gasteiger partial charge in [-0.3, -0.25) is 4.90 Å². The Hall–Kier alpha value is -0.980. The van der Waals surface area contributed by atoms with Gasteiger partial charge in [-0.2, -0.15) is 4.98 Å². The molecule has 0 bridgehead atoms. The first-order chi connectivity index (χ1) is 10.4. The van der Waals surface area contributed by atoms with E-state index in [0.29, 0.717) is 12.0 Å². The van der Waals surface area contributed by atoms with Crippen molar-refractivity contribution in [1.82, 2.24) is 15.0 Å². The highest BCUT2D eigenvalue weighted by atomic mass is 16.5. The topological polar surface area (TPSA) is 60.6 Å². The first-order valence-corrected chi connectivity index (χ1v) is 8.12. The smallest absolute Gasteiger partial charge is 0.229 e. The summed E-state index contributed by atoms with van der Waals surface area (Å²) in [6.45, 7) is 5.17. The fourth-order valence-electron chi connectivity index (χ4n) is 3.27. The second-order valence-corrected chi connectivity index (χ2v) is 6.42. The molecule has 0 N–H and O–H groups in total. The zero-order chi connectivity index (χ0) is 14.1. The van der Waals surface area contributed by atoms with E-state index in [-0.39, 0.29) is 0 Å². The van der Waals surface area contributed by atoms with E-state index >= 15 is 0 Å². The molecular weight excluding hydrogens is 270 g/mol. The molecule has 3 aliphatic rings. The summed E-state index contributed by atoms with van der Waals surface area (Å²) in [4.78, 5) is 6.99. The van der Waals surface area contributed by atoms with Crippen LogP contribution < -0.4 is 0 Å². The van der Waals surface area contributed by atoms with Crippen LogP contribution in [0.25, 0.3) is 0 Å². The minimum atomic E-state index is 0.379. The van der Waals surface area contributed by atoms with Gasteiger partial charge in [0.05, 0.1) is 19.3 Å². The minimum Gasteiger partial charge on any atom is -0.381 e. The zero-order valence-electron chi connectivity index (χ0n) is 12.4. The molecule has 1 aromatic heterocycles. The van der Waals surface area contributed by atoms with Crippen molar-refractivity contribution in [3.05, 3.63) is 11.7 Å². The number of rotatable bonds is 4. The third-order valence-corrected chi connectivity index (χ3v) is 4.74. The van der Waals surface area contributed by atoms with Crippen molar-refractivity contribution < 1.29 is 14.0 Å². The maximum Gasteiger partial charge on any atom is 0.229 e. The lowest BCUT2D eigenvalue weighted by atomic mass is 10.0. The molecule has 2 saturated heterocycles. The maximum absolute atomic E-state index is 5.85. The van der Waals surface area contributed by atoms with Crippen LogP contribution in [0.1, 0.15) is 43.3 Å². The predicted molar refractivity (Wildman–Crippen MR) is 74.8 cm³/mol. The number of hydrogen-bond donors (Lipinski definition) is 0. The molecule has 3 heterocycles. The lowest BCUT2D eigenvalue weighted by Crippen LogP contribution is -2.43. The van der Waals surface area contributed by atoms with Gasteiger partial charge in [0, 0.05) is 32.2 Å². The fourth-order valence-corrected chi connectivity index (χ4v) is 3.27. The van der Waals surface area contributed by atoms with E-state index in [0.717, 1.165) is 69.9 Å².